The molecular weight excluding hydrogens is 338 g/mol. The maximum absolute atomic E-state index is 4.75. The number of fused-ring (bicyclic) bond motifs is 1. The summed E-state index contributed by atoms with van der Waals surface area (Å²) in [7, 11) is 0. The molecule has 124 valence electrons. The first-order valence-electron chi connectivity index (χ1n) is 8.44. The molecule has 0 aliphatic rings. The van der Waals surface area contributed by atoms with Gasteiger partial charge < -0.3 is 0 Å². The monoisotopic (exact) mass is 353 g/mol. The maximum atomic E-state index is 4.75. The molecule has 0 atom stereocenters. The first kappa shape index (κ1) is 15.0. The molecule has 0 aliphatic heterocycles. The molecule has 0 spiro atoms. The molecule has 0 fully saturated rings. The summed E-state index contributed by atoms with van der Waals surface area (Å²) in [5, 5.41) is 0. The Labute approximate surface area is 155 Å². The highest BCUT2D eigenvalue weighted by Gasteiger charge is 2.20. The number of nitrogens with zero attached hydrogens (tertiary/aromatic N) is 3. The Bertz CT molecular complexity index is 1120. The van der Waals surface area contributed by atoms with Gasteiger partial charge in [-0.1, -0.05) is 66.7 Å². The third-order valence-electron chi connectivity index (χ3n) is 4.37. The summed E-state index contributed by atoms with van der Waals surface area (Å²) in [5.74, 6) is 0.879. The fourth-order valence-electron chi connectivity index (χ4n) is 3.17. The quantitative estimate of drug-likeness (QED) is 0.409. The molecule has 0 N–H and O–H groups in total. The second-order valence-electron chi connectivity index (χ2n) is 5.99. The summed E-state index contributed by atoms with van der Waals surface area (Å²) in [6.45, 7) is 0. The Morgan fingerprint density at radius 1 is 0.654 bits per heavy atom. The van der Waals surface area contributed by atoms with E-state index in [0.29, 0.717) is 0 Å². The molecule has 0 unspecified atom stereocenters. The van der Waals surface area contributed by atoms with Gasteiger partial charge in [0.2, 0.25) is 0 Å². The van der Waals surface area contributed by atoms with Gasteiger partial charge in [0, 0.05) is 6.20 Å². The first-order valence-corrected chi connectivity index (χ1v) is 9.25. The van der Waals surface area contributed by atoms with Crippen LogP contribution in [0.4, 0.5) is 0 Å². The lowest BCUT2D eigenvalue weighted by Gasteiger charge is -2.04. The molecule has 0 amide bonds. The fraction of sp³-hybridized carbons (Fsp3) is 0. The molecule has 3 nitrogen and oxygen atoms in total. The largest absolute Gasteiger partial charge is 0.281 e. The zero-order valence-corrected chi connectivity index (χ0v) is 14.7. The zero-order valence-electron chi connectivity index (χ0n) is 13.9. The standard InChI is InChI=1S/C22H15N3S/c1-3-9-16(10-4-1)21-19-20(22(26-21)17-11-5-2-6-12-17)25(15-24-19)18-13-7-8-14-23-18/h1-15H. The van der Waals surface area contributed by atoms with Gasteiger partial charge in [-0.15, -0.1) is 11.3 Å². The molecular formula is C22H15N3S. The van der Waals surface area contributed by atoms with Gasteiger partial charge in [-0.25, -0.2) is 9.97 Å². The van der Waals surface area contributed by atoms with Crippen LogP contribution in [0, 0.1) is 0 Å². The van der Waals surface area contributed by atoms with Crippen LogP contribution in [0.3, 0.4) is 0 Å². The van der Waals surface area contributed by atoms with Crippen molar-refractivity contribution >= 4 is 22.4 Å². The molecule has 2 aromatic carbocycles. The normalized spacial score (nSPS) is 11.1. The van der Waals surface area contributed by atoms with Crippen molar-refractivity contribution in [2.75, 3.05) is 0 Å². The average molecular weight is 353 g/mol. The Hall–Kier alpha value is -3.24. The van der Waals surface area contributed by atoms with E-state index in [-0.39, 0.29) is 0 Å². The smallest absolute Gasteiger partial charge is 0.138 e. The van der Waals surface area contributed by atoms with Gasteiger partial charge in [0.25, 0.3) is 0 Å². The molecule has 5 aromatic rings. The number of aromatic nitrogens is 3. The maximum Gasteiger partial charge on any atom is 0.138 e. The van der Waals surface area contributed by atoms with Crippen molar-refractivity contribution in [3.63, 3.8) is 0 Å². The van der Waals surface area contributed by atoms with E-state index in [2.05, 4.69) is 58.1 Å². The Balaban J connectivity index is 1.83. The predicted molar refractivity (Wildman–Crippen MR) is 108 cm³/mol. The molecule has 3 heterocycles. The number of rotatable bonds is 3. The van der Waals surface area contributed by atoms with Crippen LogP contribution in [0.5, 0.6) is 0 Å². The molecule has 0 saturated carbocycles. The molecule has 0 saturated heterocycles. The topological polar surface area (TPSA) is 30.7 Å². The van der Waals surface area contributed by atoms with Gasteiger partial charge in [0.05, 0.1) is 15.3 Å². The van der Waals surface area contributed by atoms with E-state index in [1.54, 1.807) is 11.3 Å². The van der Waals surface area contributed by atoms with E-state index in [1.165, 1.54) is 20.9 Å². The van der Waals surface area contributed by atoms with Crippen LogP contribution in [0.2, 0.25) is 0 Å². The van der Waals surface area contributed by atoms with Crippen LogP contribution in [0.1, 0.15) is 0 Å². The van der Waals surface area contributed by atoms with Crippen molar-refractivity contribution in [3.8, 4) is 26.7 Å². The third kappa shape index (κ3) is 2.43. The second kappa shape index (κ2) is 6.24. The Morgan fingerprint density at radius 2 is 1.31 bits per heavy atom. The van der Waals surface area contributed by atoms with Crippen LogP contribution in [0.25, 0.3) is 37.7 Å². The molecule has 26 heavy (non-hydrogen) atoms. The molecule has 4 heteroatoms. The Morgan fingerprint density at radius 3 is 1.96 bits per heavy atom. The third-order valence-corrected chi connectivity index (χ3v) is 5.64. The minimum atomic E-state index is 0.879. The van der Waals surface area contributed by atoms with E-state index in [0.717, 1.165) is 16.9 Å². The van der Waals surface area contributed by atoms with Gasteiger partial charge >= 0.3 is 0 Å². The van der Waals surface area contributed by atoms with Crippen molar-refractivity contribution in [2.45, 2.75) is 0 Å². The SMILES string of the molecule is c1ccc(-c2sc(-c3ccccc3)c3c2ncn3-c2ccccn2)cc1. The van der Waals surface area contributed by atoms with E-state index >= 15 is 0 Å². The van der Waals surface area contributed by atoms with Gasteiger partial charge in [-0.2, -0.15) is 0 Å². The lowest BCUT2D eigenvalue weighted by atomic mass is 10.1. The summed E-state index contributed by atoms with van der Waals surface area (Å²) in [6, 6.07) is 26.9. The molecule has 5 rings (SSSR count). The van der Waals surface area contributed by atoms with Gasteiger partial charge in [-0.05, 0) is 23.3 Å². The van der Waals surface area contributed by atoms with Crippen molar-refractivity contribution in [2.24, 2.45) is 0 Å². The van der Waals surface area contributed by atoms with Crippen LogP contribution < -0.4 is 0 Å². The number of imidazole rings is 1. The van der Waals surface area contributed by atoms with Gasteiger partial charge in [-0.3, -0.25) is 4.57 Å². The summed E-state index contributed by atoms with van der Waals surface area (Å²) in [4.78, 5) is 11.7. The number of benzene rings is 2. The predicted octanol–water partition coefficient (Wildman–Crippen LogP) is 5.82. The highest BCUT2D eigenvalue weighted by atomic mass is 32.1. The summed E-state index contributed by atoms with van der Waals surface area (Å²) in [6.07, 6.45) is 3.69. The Kier molecular flexibility index (Phi) is 3.61. The van der Waals surface area contributed by atoms with Crippen LogP contribution in [0.15, 0.2) is 91.4 Å². The number of pyridine rings is 1. The van der Waals surface area contributed by atoms with E-state index in [9.17, 15) is 0 Å². The molecule has 0 aliphatic carbocycles. The van der Waals surface area contributed by atoms with Crippen LogP contribution >= 0.6 is 11.3 Å². The van der Waals surface area contributed by atoms with Crippen molar-refractivity contribution in [1.82, 2.24) is 14.5 Å². The minimum Gasteiger partial charge on any atom is -0.281 e. The molecule has 0 bridgehead atoms. The molecule has 0 radical (unpaired) electrons. The van der Waals surface area contributed by atoms with Crippen LogP contribution in [-0.4, -0.2) is 14.5 Å². The average Bonchev–Trinajstić information content (AvgIpc) is 3.31. The number of hydrogen-bond acceptors (Lipinski definition) is 3. The lowest BCUT2D eigenvalue weighted by Crippen LogP contribution is -1.94. The van der Waals surface area contributed by atoms with E-state index in [4.69, 9.17) is 4.98 Å². The number of thiophene rings is 1. The minimum absolute atomic E-state index is 0.879. The first-order chi connectivity index (χ1) is 12.9. The second-order valence-corrected chi connectivity index (χ2v) is 7.01. The zero-order chi connectivity index (χ0) is 17.3. The van der Waals surface area contributed by atoms with Gasteiger partial charge in [0.15, 0.2) is 0 Å². The van der Waals surface area contributed by atoms with Gasteiger partial charge in [0.1, 0.15) is 17.7 Å². The van der Waals surface area contributed by atoms with Crippen molar-refractivity contribution in [1.29, 1.82) is 0 Å². The highest BCUT2D eigenvalue weighted by Crippen LogP contribution is 2.43. The summed E-state index contributed by atoms with van der Waals surface area (Å²) >= 11 is 1.78. The van der Waals surface area contributed by atoms with Crippen LogP contribution in [-0.2, 0) is 0 Å². The lowest BCUT2D eigenvalue weighted by molar-refractivity contribution is 1.02. The van der Waals surface area contributed by atoms with Crippen molar-refractivity contribution < 1.29 is 0 Å². The van der Waals surface area contributed by atoms with E-state index < -0.39 is 0 Å². The summed E-state index contributed by atoms with van der Waals surface area (Å²) in [5.41, 5.74) is 4.52. The number of hydrogen-bond donors (Lipinski definition) is 0. The fourth-order valence-corrected chi connectivity index (χ4v) is 4.42. The summed E-state index contributed by atoms with van der Waals surface area (Å²) < 4.78 is 2.08. The highest BCUT2D eigenvalue weighted by molar-refractivity contribution is 7.20. The van der Waals surface area contributed by atoms with E-state index in [1.807, 2.05) is 42.9 Å². The van der Waals surface area contributed by atoms with Crippen molar-refractivity contribution in [3.05, 3.63) is 91.4 Å². The molecule has 3 aromatic heterocycles.